The van der Waals surface area contributed by atoms with Gasteiger partial charge in [-0.05, 0) is 70.2 Å². The zero-order valence-corrected chi connectivity index (χ0v) is 13.9. The van der Waals surface area contributed by atoms with Crippen LogP contribution in [0, 0.1) is 5.92 Å². The monoisotopic (exact) mass is 300 g/mol. The molecule has 1 saturated heterocycles. The second-order valence-corrected chi connectivity index (χ2v) is 6.15. The van der Waals surface area contributed by atoms with Crippen LogP contribution in [0.5, 0.6) is 0 Å². The third-order valence-corrected chi connectivity index (χ3v) is 4.53. The van der Waals surface area contributed by atoms with E-state index in [0.29, 0.717) is 0 Å². The summed E-state index contributed by atoms with van der Waals surface area (Å²) in [4.78, 5) is 11.1. The van der Waals surface area contributed by atoms with Crippen LogP contribution in [0.25, 0.3) is 5.57 Å². The number of hydrogen-bond acceptors (Lipinski definition) is 4. The summed E-state index contributed by atoms with van der Waals surface area (Å²) < 4.78 is 0. The number of allylic oxidation sites excluding steroid dienone is 1. The summed E-state index contributed by atoms with van der Waals surface area (Å²) in [5.41, 5.74) is 4.00. The Bertz CT molecular complexity index is 516. The van der Waals surface area contributed by atoms with E-state index in [0.717, 1.165) is 47.9 Å². The molecule has 22 heavy (non-hydrogen) atoms. The Morgan fingerprint density at radius 2 is 2.18 bits per heavy atom. The Morgan fingerprint density at radius 3 is 2.82 bits per heavy atom. The van der Waals surface area contributed by atoms with Gasteiger partial charge in [0.15, 0.2) is 0 Å². The van der Waals surface area contributed by atoms with Crippen LogP contribution in [0.2, 0.25) is 0 Å². The summed E-state index contributed by atoms with van der Waals surface area (Å²) in [6, 6.07) is 1.98. The molecule has 2 heterocycles. The summed E-state index contributed by atoms with van der Waals surface area (Å²) in [7, 11) is 2.20. The van der Waals surface area contributed by atoms with Crippen LogP contribution in [0.1, 0.15) is 37.4 Å². The van der Waals surface area contributed by atoms with Gasteiger partial charge in [-0.25, -0.2) is 0 Å². The summed E-state index contributed by atoms with van der Waals surface area (Å²) in [6.07, 6.45) is 5.30. The van der Waals surface area contributed by atoms with E-state index in [1.807, 2.05) is 12.3 Å². The summed E-state index contributed by atoms with van der Waals surface area (Å²) in [5.74, 6) is 0.769. The average molecular weight is 300 g/mol. The van der Waals surface area contributed by atoms with E-state index in [1.165, 1.54) is 25.9 Å². The van der Waals surface area contributed by atoms with Gasteiger partial charge in [-0.2, -0.15) is 0 Å². The predicted molar refractivity (Wildman–Crippen MR) is 94.7 cm³/mol. The molecule has 1 N–H and O–H groups in total. The molecule has 120 valence electrons. The van der Waals surface area contributed by atoms with Crippen LogP contribution in [-0.2, 0) is 6.54 Å². The number of aliphatic imine (C=N–C) groups is 1. The molecule has 1 aromatic heterocycles. The lowest BCUT2D eigenvalue weighted by Gasteiger charge is -2.29. The average Bonchev–Trinajstić information content (AvgIpc) is 2.55. The van der Waals surface area contributed by atoms with Gasteiger partial charge in [-0.15, -0.1) is 0 Å². The molecule has 0 amide bonds. The van der Waals surface area contributed by atoms with Crippen molar-refractivity contribution in [1.29, 1.82) is 0 Å². The molecule has 0 spiro atoms. The lowest BCUT2D eigenvalue weighted by Crippen LogP contribution is -2.34. The zero-order valence-electron chi connectivity index (χ0n) is 13.9. The number of likely N-dealkylation sites (tertiary alicyclic amines) is 1. The van der Waals surface area contributed by atoms with Gasteiger partial charge in [0.05, 0.1) is 11.4 Å². The van der Waals surface area contributed by atoms with Crippen LogP contribution >= 0.6 is 0 Å². The third kappa shape index (κ3) is 4.24. The Morgan fingerprint density at radius 1 is 1.45 bits per heavy atom. The van der Waals surface area contributed by atoms with Gasteiger partial charge in [0.1, 0.15) is 0 Å². The van der Waals surface area contributed by atoms with Crippen LogP contribution in [0.3, 0.4) is 0 Å². The molecule has 1 aliphatic rings. The van der Waals surface area contributed by atoms with Gasteiger partial charge in [0.2, 0.25) is 0 Å². The topological polar surface area (TPSA) is 40.5 Å². The highest BCUT2D eigenvalue weighted by Gasteiger charge is 2.16. The maximum atomic E-state index is 4.48. The van der Waals surface area contributed by atoms with Gasteiger partial charge >= 0.3 is 0 Å². The number of rotatable bonds is 7. The molecule has 0 aliphatic carbocycles. The van der Waals surface area contributed by atoms with Crippen molar-refractivity contribution in [2.45, 2.75) is 32.7 Å². The van der Waals surface area contributed by atoms with Crippen molar-refractivity contribution < 1.29 is 0 Å². The molecule has 1 fully saturated rings. The third-order valence-electron chi connectivity index (χ3n) is 4.53. The first-order valence-electron chi connectivity index (χ1n) is 8.17. The van der Waals surface area contributed by atoms with Crippen molar-refractivity contribution in [3.05, 3.63) is 30.1 Å². The summed E-state index contributed by atoms with van der Waals surface area (Å²) in [5, 5.41) is 3.55. The van der Waals surface area contributed by atoms with E-state index < -0.39 is 0 Å². The maximum Gasteiger partial charge on any atom is 0.0925 e. The SMILES string of the molecule is C=Nc1c(C(=C)CC)ccnc1CNCC1CCN(C)CC1. The van der Waals surface area contributed by atoms with Crippen molar-refractivity contribution in [3.8, 4) is 0 Å². The molecular weight excluding hydrogens is 272 g/mol. The van der Waals surface area contributed by atoms with Crippen molar-refractivity contribution in [1.82, 2.24) is 15.2 Å². The molecule has 0 saturated carbocycles. The van der Waals surface area contributed by atoms with Gasteiger partial charge in [0, 0.05) is 18.3 Å². The van der Waals surface area contributed by atoms with E-state index >= 15 is 0 Å². The van der Waals surface area contributed by atoms with E-state index in [1.54, 1.807) is 0 Å². The first-order valence-corrected chi connectivity index (χ1v) is 8.17. The van der Waals surface area contributed by atoms with Crippen LogP contribution in [0.15, 0.2) is 23.8 Å². The van der Waals surface area contributed by atoms with Crippen LogP contribution in [-0.4, -0.2) is 43.3 Å². The van der Waals surface area contributed by atoms with E-state index in [2.05, 4.69) is 47.5 Å². The normalized spacial score (nSPS) is 16.6. The lowest BCUT2D eigenvalue weighted by molar-refractivity contribution is 0.216. The highest BCUT2D eigenvalue weighted by atomic mass is 15.1. The van der Waals surface area contributed by atoms with Crippen molar-refractivity contribution in [2.24, 2.45) is 10.9 Å². The summed E-state index contributed by atoms with van der Waals surface area (Å²) in [6.45, 7) is 14.1. The van der Waals surface area contributed by atoms with E-state index in [4.69, 9.17) is 0 Å². The molecule has 0 unspecified atom stereocenters. The highest BCUT2D eigenvalue weighted by molar-refractivity contribution is 5.75. The molecule has 4 nitrogen and oxygen atoms in total. The number of pyridine rings is 1. The Hall–Kier alpha value is -1.52. The number of nitrogens with zero attached hydrogens (tertiary/aromatic N) is 3. The first-order chi connectivity index (χ1) is 10.7. The number of aromatic nitrogens is 1. The minimum absolute atomic E-state index is 0.742. The molecule has 4 heteroatoms. The number of hydrogen-bond donors (Lipinski definition) is 1. The fraction of sp³-hybridized carbons (Fsp3) is 0.556. The Balaban J connectivity index is 1.95. The maximum absolute atomic E-state index is 4.48. The van der Waals surface area contributed by atoms with Gasteiger partial charge < -0.3 is 10.2 Å². The van der Waals surface area contributed by atoms with Crippen LogP contribution < -0.4 is 5.32 Å². The molecular formula is C18H28N4. The molecule has 1 aromatic rings. The number of nitrogens with one attached hydrogen (secondary N) is 1. The molecule has 2 rings (SSSR count). The van der Waals surface area contributed by atoms with E-state index in [-0.39, 0.29) is 0 Å². The van der Waals surface area contributed by atoms with E-state index in [9.17, 15) is 0 Å². The van der Waals surface area contributed by atoms with Gasteiger partial charge in [-0.1, -0.05) is 13.5 Å². The smallest absolute Gasteiger partial charge is 0.0925 e. The largest absolute Gasteiger partial charge is 0.311 e. The highest BCUT2D eigenvalue weighted by Crippen LogP contribution is 2.29. The quantitative estimate of drug-likeness (QED) is 0.786. The standard InChI is InChI=1S/C18H28N4/c1-5-14(2)16-6-9-21-17(18(16)19-3)13-20-12-15-7-10-22(4)11-8-15/h6,9,15,20H,2-3,5,7-8,10-13H2,1,4H3. The Kier molecular flexibility index (Phi) is 6.28. The second-order valence-electron chi connectivity index (χ2n) is 6.15. The Labute approximate surface area is 134 Å². The molecule has 0 bridgehead atoms. The zero-order chi connectivity index (χ0) is 15.9. The van der Waals surface area contributed by atoms with Gasteiger partial charge in [-0.3, -0.25) is 9.98 Å². The number of piperidine rings is 1. The lowest BCUT2D eigenvalue weighted by atomic mass is 9.97. The van der Waals surface area contributed by atoms with Crippen LogP contribution in [0.4, 0.5) is 5.69 Å². The second kappa shape index (κ2) is 8.20. The minimum Gasteiger partial charge on any atom is -0.311 e. The molecule has 1 aliphatic heterocycles. The van der Waals surface area contributed by atoms with Crippen molar-refractivity contribution in [3.63, 3.8) is 0 Å². The predicted octanol–water partition coefficient (Wildman–Crippen LogP) is 3.27. The van der Waals surface area contributed by atoms with Gasteiger partial charge in [0.25, 0.3) is 0 Å². The fourth-order valence-corrected chi connectivity index (χ4v) is 2.94. The summed E-state index contributed by atoms with van der Waals surface area (Å²) >= 11 is 0. The minimum atomic E-state index is 0.742. The van der Waals surface area contributed by atoms with Crippen molar-refractivity contribution >= 4 is 18.0 Å². The molecule has 0 aromatic carbocycles. The van der Waals surface area contributed by atoms with Crippen molar-refractivity contribution in [2.75, 3.05) is 26.7 Å². The molecule has 0 atom stereocenters. The molecule has 0 radical (unpaired) electrons. The first kappa shape index (κ1) is 16.8. The fourth-order valence-electron chi connectivity index (χ4n) is 2.94.